The predicted molar refractivity (Wildman–Crippen MR) is 85.9 cm³/mol. The molecule has 0 spiro atoms. The number of fused-ring (bicyclic) bond motifs is 1. The molecule has 2 aromatic rings. The highest BCUT2D eigenvalue weighted by atomic mass is 32.2. The first kappa shape index (κ1) is 21.1. The van der Waals surface area contributed by atoms with Crippen molar-refractivity contribution in [2.75, 3.05) is 31.2 Å². The Morgan fingerprint density at radius 3 is 2.37 bits per heavy atom. The number of rotatable bonds is 1. The molecule has 1 fully saturated rings. The zero-order valence-corrected chi connectivity index (χ0v) is 15.2. The van der Waals surface area contributed by atoms with Crippen molar-refractivity contribution in [3.05, 3.63) is 18.1 Å². The van der Waals surface area contributed by atoms with Crippen LogP contribution in [-0.4, -0.2) is 59.9 Å². The minimum atomic E-state index is -6.09. The van der Waals surface area contributed by atoms with Gasteiger partial charge in [-0.15, -0.1) is 0 Å². The average Bonchev–Trinajstić information content (AvgIpc) is 2.53. The van der Waals surface area contributed by atoms with E-state index in [0.29, 0.717) is 11.2 Å². The molecular weight excluding hydrogens is 393 g/mol. The van der Waals surface area contributed by atoms with Crippen molar-refractivity contribution in [3.8, 4) is 5.88 Å². The Morgan fingerprint density at radius 2 is 1.85 bits per heavy atom. The fraction of sp³-hybridized carbons (Fsp3) is 0.500. The fourth-order valence-electron chi connectivity index (χ4n) is 2.41. The number of ether oxygens (including phenoxy) is 1. The fourth-order valence-corrected chi connectivity index (χ4v) is 2.41. The van der Waals surface area contributed by atoms with Gasteiger partial charge in [-0.25, -0.2) is 18.0 Å². The normalized spacial score (nSPS) is 15.4. The second-order valence-corrected chi connectivity index (χ2v) is 7.01. The second-order valence-electron chi connectivity index (χ2n) is 5.64. The van der Waals surface area contributed by atoms with E-state index in [-0.39, 0.29) is 5.88 Å². The lowest BCUT2D eigenvalue weighted by molar-refractivity contribution is -0.657. The summed E-state index contributed by atoms with van der Waals surface area (Å²) < 4.78 is 66.3. The number of halogens is 3. The van der Waals surface area contributed by atoms with Crippen LogP contribution in [0.15, 0.2) is 12.3 Å². The lowest BCUT2D eigenvalue weighted by Crippen LogP contribution is -2.44. The highest BCUT2D eigenvalue weighted by Crippen LogP contribution is 2.24. The van der Waals surface area contributed by atoms with Crippen LogP contribution in [0.2, 0.25) is 0 Å². The average molecular weight is 410 g/mol. The molecule has 0 atom stereocenters. The van der Waals surface area contributed by atoms with E-state index in [1.807, 2.05) is 23.9 Å². The number of anilines is 1. The summed E-state index contributed by atoms with van der Waals surface area (Å²) in [6, 6.07) is 1.94. The molecule has 0 aliphatic carbocycles. The van der Waals surface area contributed by atoms with Crippen LogP contribution >= 0.6 is 0 Å². The van der Waals surface area contributed by atoms with Gasteiger partial charge in [-0.2, -0.15) is 18.2 Å². The highest BCUT2D eigenvalue weighted by molar-refractivity contribution is 7.86. The summed E-state index contributed by atoms with van der Waals surface area (Å²) in [5, 5.41) is 10.6. The van der Waals surface area contributed by atoms with Crippen LogP contribution < -0.4 is 9.47 Å². The Bertz CT molecular complexity index is 930. The number of nitrogens with zero attached hydrogens (tertiary/aromatic N) is 4. The van der Waals surface area contributed by atoms with Gasteiger partial charge >= 0.3 is 5.51 Å². The van der Waals surface area contributed by atoms with E-state index in [1.54, 1.807) is 6.92 Å². The van der Waals surface area contributed by atoms with E-state index in [0.717, 1.165) is 37.6 Å². The zero-order chi connectivity index (χ0) is 20.4. The molecule has 1 N–H and O–H groups in total. The summed E-state index contributed by atoms with van der Waals surface area (Å²) >= 11 is 0. The third kappa shape index (κ3) is 5.14. The molecule has 1 aliphatic rings. The van der Waals surface area contributed by atoms with E-state index < -0.39 is 15.6 Å². The Hall–Kier alpha value is -2.25. The van der Waals surface area contributed by atoms with Gasteiger partial charge in [-0.1, -0.05) is 0 Å². The van der Waals surface area contributed by atoms with E-state index in [9.17, 15) is 18.3 Å². The van der Waals surface area contributed by atoms with Crippen molar-refractivity contribution < 1.29 is 40.6 Å². The van der Waals surface area contributed by atoms with Crippen LogP contribution in [0.3, 0.4) is 0 Å². The van der Waals surface area contributed by atoms with E-state index >= 15 is 0 Å². The minimum absolute atomic E-state index is 0.0395. The topological polar surface area (TPSA) is 120 Å². The van der Waals surface area contributed by atoms with Gasteiger partial charge in [0, 0.05) is 6.07 Å². The van der Waals surface area contributed by atoms with Gasteiger partial charge in [0.25, 0.3) is 5.82 Å². The van der Waals surface area contributed by atoms with E-state index in [2.05, 4.69) is 14.9 Å². The molecule has 0 amide bonds. The first-order chi connectivity index (χ1) is 12.4. The van der Waals surface area contributed by atoms with E-state index in [1.165, 1.54) is 0 Å². The third-order valence-electron chi connectivity index (χ3n) is 3.64. The van der Waals surface area contributed by atoms with Crippen molar-refractivity contribution >= 4 is 26.8 Å². The molecule has 1 saturated heterocycles. The van der Waals surface area contributed by atoms with E-state index in [4.69, 9.17) is 17.7 Å². The first-order valence-electron chi connectivity index (χ1n) is 7.62. The molecule has 27 heavy (non-hydrogen) atoms. The number of morpholine rings is 1. The molecule has 0 radical (unpaired) electrons. The van der Waals surface area contributed by atoms with Crippen molar-refractivity contribution in [2.45, 2.75) is 12.4 Å². The van der Waals surface area contributed by atoms with Crippen molar-refractivity contribution in [1.82, 2.24) is 9.97 Å². The molecule has 13 heteroatoms. The third-order valence-corrected chi connectivity index (χ3v) is 4.20. The van der Waals surface area contributed by atoms with Crippen LogP contribution in [0, 0.1) is 6.92 Å². The van der Waals surface area contributed by atoms with Crippen molar-refractivity contribution in [2.24, 2.45) is 7.05 Å². The van der Waals surface area contributed by atoms with Gasteiger partial charge in [-0.3, -0.25) is 4.90 Å². The standard InChI is InChI=1S/C13H16N4O2.CHF3O3S/c1-9-14-11-8-16(2)12(7-10(11)13(18)15-9)17-3-5-19-6-4-17;2-1(3,4)8(5,6)7/h7-8H,3-6H2,1-2H3;(H,5,6,7). The van der Waals surface area contributed by atoms with Crippen LogP contribution in [0.25, 0.3) is 10.9 Å². The number of alkyl halides is 3. The summed E-state index contributed by atoms with van der Waals surface area (Å²) in [6.45, 7) is 4.94. The van der Waals surface area contributed by atoms with Crippen LogP contribution in [0.5, 0.6) is 5.88 Å². The van der Waals surface area contributed by atoms with Crippen LogP contribution in [-0.2, 0) is 21.9 Å². The Labute approximate surface area is 152 Å². The summed E-state index contributed by atoms with van der Waals surface area (Å²) in [6.07, 6.45) is 1.93. The molecule has 9 nitrogen and oxygen atoms in total. The molecule has 150 valence electrons. The molecule has 3 heterocycles. The molecule has 0 bridgehead atoms. The number of pyridine rings is 1. The molecular formula is C14H17F3N4O5S. The van der Waals surface area contributed by atoms with Gasteiger partial charge in [0.1, 0.15) is 30.6 Å². The molecule has 2 aromatic heterocycles. The maximum atomic E-state index is 10.7. The largest absolute Gasteiger partial charge is 0.741 e. The maximum Gasteiger partial charge on any atom is 0.485 e. The van der Waals surface area contributed by atoms with Crippen molar-refractivity contribution in [3.63, 3.8) is 0 Å². The Balaban J connectivity index is 0.000000279. The van der Waals surface area contributed by atoms with Gasteiger partial charge in [-0.05, 0) is 6.92 Å². The lowest BCUT2D eigenvalue weighted by atomic mass is 10.2. The Morgan fingerprint density at radius 1 is 1.30 bits per heavy atom. The summed E-state index contributed by atoms with van der Waals surface area (Å²) in [4.78, 5) is 10.6. The lowest BCUT2D eigenvalue weighted by Gasteiger charge is -2.23. The molecule has 1 aliphatic heterocycles. The van der Waals surface area contributed by atoms with Crippen LogP contribution in [0.4, 0.5) is 19.0 Å². The molecule has 0 aromatic carbocycles. The smallest absolute Gasteiger partial charge is 0.485 e. The molecule has 3 rings (SSSR count). The van der Waals surface area contributed by atoms with Gasteiger partial charge < -0.3 is 14.4 Å². The summed E-state index contributed by atoms with van der Waals surface area (Å²) in [7, 11) is -4.11. The zero-order valence-electron chi connectivity index (χ0n) is 14.4. The highest BCUT2D eigenvalue weighted by Gasteiger charge is 2.36. The van der Waals surface area contributed by atoms with Gasteiger partial charge in [0.2, 0.25) is 5.88 Å². The number of aryl methyl sites for hydroxylation is 2. The number of aromatic nitrogens is 3. The summed E-state index contributed by atoms with van der Waals surface area (Å²) in [5.41, 5.74) is -4.89. The SMILES string of the molecule is Cc1nc(O)c2cc(N3CCOCC3)[n+](C)cc2n1.O=S(=O)([O-])C(F)(F)F. The van der Waals surface area contributed by atoms with Crippen molar-refractivity contribution in [1.29, 1.82) is 0 Å². The second kappa shape index (κ2) is 7.78. The minimum Gasteiger partial charge on any atom is -0.741 e. The molecule has 0 saturated carbocycles. The quantitative estimate of drug-likeness (QED) is 0.407. The first-order valence-corrected chi connectivity index (χ1v) is 9.03. The Kier molecular flexibility index (Phi) is 6.07. The summed E-state index contributed by atoms with van der Waals surface area (Å²) in [5.74, 6) is 1.65. The maximum absolute atomic E-state index is 10.7. The van der Waals surface area contributed by atoms with Crippen LogP contribution in [0.1, 0.15) is 5.82 Å². The van der Waals surface area contributed by atoms with Gasteiger partial charge in [0.15, 0.2) is 10.1 Å². The monoisotopic (exact) mass is 410 g/mol. The number of aromatic hydroxyl groups is 1. The number of hydrogen-bond acceptors (Lipinski definition) is 8. The molecule has 0 unspecified atom stereocenters. The van der Waals surface area contributed by atoms with Gasteiger partial charge in [0.05, 0.1) is 25.6 Å². The predicted octanol–water partition coefficient (Wildman–Crippen LogP) is 0.356. The number of hydrogen-bond donors (Lipinski definition) is 1.